The summed E-state index contributed by atoms with van der Waals surface area (Å²) in [6, 6.07) is 2.22. The van der Waals surface area contributed by atoms with Crippen LogP contribution in [0.3, 0.4) is 0 Å². The molecule has 0 unspecified atom stereocenters. The van der Waals surface area contributed by atoms with Gasteiger partial charge in [0.2, 0.25) is 0 Å². The maximum atomic E-state index is 4.38. The van der Waals surface area contributed by atoms with Gasteiger partial charge in [0.1, 0.15) is 0 Å². The van der Waals surface area contributed by atoms with Gasteiger partial charge < -0.3 is 16.2 Å². The van der Waals surface area contributed by atoms with E-state index in [1.54, 1.807) is 0 Å². The molecule has 1 aliphatic rings. The van der Waals surface area contributed by atoms with E-state index in [1.807, 2.05) is 0 Å². The van der Waals surface area contributed by atoms with Crippen molar-refractivity contribution in [1.82, 2.24) is 4.98 Å². The van der Waals surface area contributed by atoms with E-state index >= 15 is 0 Å². The van der Waals surface area contributed by atoms with E-state index in [9.17, 15) is 0 Å². The van der Waals surface area contributed by atoms with Crippen molar-refractivity contribution in [2.45, 2.75) is 59.8 Å². The molecule has 0 saturated heterocycles. The van der Waals surface area contributed by atoms with Crippen LogP contribution in [0, 0.1) is 12.1 Å². The summed E-state index contributed by atoms with van der Waals surface area (Å²) < 4.78 is 0. The van der Waals surface area contributed by atoms with Gasteiger partial charge in [-0.25, -0.2) is 0 Å². The van der Waals surface area contributed by atoms with Crippen LogP contribution in [0.5, 0.6) is 0 Å². The summed E-state index contributed by atoms with van der Waals surface area (Å²) in [5, 5.41) is 3.32. The summed E-state index contributed by atoms with van der Waals surface area (Å²) in [4.78, 5) is 4.38. The van der Waals surface area contributed by atoms with Crippen molar-refractivity contribution in [2.24, 2.45) is 0 Å². The SMILES string of the molecule is CC(C)(C)c1cc2c([c-]n1)NCCC2.C[C-](C)C.[W+2]. The molecule has 0 aliphatic carbocycles. The Morgan fingerprint density at radius 3 is 2.37 bits per heavy atom. The average Bonchev–Trinajstić information content (AvgIpc) is 2.26. The fraction of sp³-hybridized carbons (Fsp3) is 0.625. The van der Waals surface area contributed by atoms with Gasteiger partial charge >= 0.3 is 21.1 Å². The minimum atomic E-state index is 0. The summed E-state index contributed by atoms with van der Waals surface area (Å²) in [6.45, 7) is 13.9. The monoisotopic (exact) mass is 430 g/mol. The quantitative estimate of drug-likeness (QED) is 0.626. The molecule has 2 heterocycles. The summed E-state index contributed by atoms with van der Waals surface area (Å²) in [6.07, 6.45) is 5.48. The fourth-order valence-corrected chi connectivity index (χ4v) is 1.68. The van der Waals surface area contributed by atoms with E-state index in [0.717, 1.165) is 24.3 Å². The van der Waals surface area contributed by atoms with Gasteiger partial charge in [-0.3, -0.25) is 0 Å². The summed E-state index contributed by atoms with van der Waals surface area (Å²) in [7, 11) is 0. The second-order valence-corrected chi connectivity index (χ2v) is 6.43. The first-order valence-electron chi connectivity index (χ1n) is 6.73. The first kappa shape index (κ1) is 18.6. The second-order valence-electron chi connectivity index (χ2n) is 6.43. The number of anilines is 1. The number of nitrogens with zero attached hydrogens (tertiary/aromatic N) is 1. The maximum absolute atomic E-state index is 4.38. The molecule has 0 bridgehead atoms. The van der Waals surface area contributed by atoms with E-state index in [2.05, 4.69) is 64.1 Å². The van der Waals surface area contributed by atoms with E-state index < -0.39 is 0 Å². The zero-order valence-electron chi connectivity index (χ0n) is 13.1. The molecule has 0 saturated carbocycles. The molecule has 1 N–H and O–H groups in total. The first-order valence-corrected chi connectivity index (χ1v) is 6.73. The third-order valence-electron chi connectivity index (χ3n) is 2.61. The van der Waals surface area contributed by atoms with Crippen molar-refractivity contribution < 1.29 is 21.1 Å². The standard InChI is InChI=1S/C12H17N2.C4H9.W/c1-12(2,3)11-7-9-5-4-6-13-10(9)8-14-11;1-4(2)3;/h7,13H,4-6H2,1-3H3;1-3H3;/q2*-1;+2. The normalized spacial score (nSPS) is 13.6. The molecule has 106 valence electrons. The van der Waals surface area contributed by atoms with Crippen LogP contribution < -0.4 is 5.32 Å². The Labute approximate surface area is 133 Å². The number of rotatable bonds is 0. The zero-order chi connectivity index (χ0) is 13.8. The Bertz CT molecular complexity index is 378. The second kappa shape index (κ2) is 8.04. The molecule has 0 fully saturated rings. The van der Waals surface area contributed by atoms with Crippen LogP contribution in [0.1, 0.15) is 59.2 Å². The molecule has 0 amide bonds. The van der Waals surface area contributed by atoms with Crippen LogP contribution >= 0.6 is 0 Å². The van der Waals surface area contributed by atoms with Gasteiger partial charge in [0.15, 0.2) is 0 Å². The van der Waals surface area contributed by atoms with Gasteiger partial charge in [-0.2, -0.15) is 20.8 Å². The first-order chi connectivity index (χ1) is 8.30. The predicted octanol–water partition coefficient (Wildman–Crippen LogP) is 4.16. The molecule has 1 aromatic heterocycles. The van der Waals surface area contributed by atoms with Crippen molar-refractivity contribution >= 4 is 5.69 Å². The number of nitrogens with one attached hydrogen (secondary N) is 1. The molecule has 1 aromatic rings. The van der Waals surface area contributed by atoms with Crippen molar-refractivity contribution in [3.63, 3.8) is 0 Å². The number of hydrogen-bond donors (Lipinski definition) is 1. The molecule has 0 spiro atoms. The minimum absolute atomic E-state index is 0. The molecule has 1 aliphatic heterocycles. The van der Waals surface area contributed by atoms with Gasteiger partial charge in [0, 0.05) is 6.54 Å². The van der Waals surface area contributed by atoms with Crippen LogP contribution in [-0.4, -0.2) is 11.5 Å². The molecular formula is C16H26N2W. The van der Waals surface area contributed by atoms with Gasteiger partial charge in [0.05, 0.1) is 0 Å². The van der Waals surface area contributed by atoms with Crippen molar-refractivity contribution in [2.75, 3.05) is 11.9 Å². The van der Waals surface area contributed by atoms with E-state index in [-0.39, 0.29) is 26.5 Å². The molecular weight excluding hydrogens is 404 g/mol. The molecule has 2 rings (SSSR count). The number of aromatic nitrogens is 1. The Hall–Kier alpha value is -0.362. The maximum Gasteiger partial charge on any atom is 2.00 e. The van der Waals surface area contributed by atoms with Crippen molar-refractivity contribution in [3.8, 4) is 0 Å². The van der Waals surface area contributed by atoms with E-state index in [1.165, 1.54) is 17.9 Å². The predicted molar refractivity (Wildman–Crippen MR) is 78.8 cm³/mol. The molecule has 2 nitrogen and oxygen atoms in total. The van der Waals surface area contributed by atoms with E-state index in [4.69, 9.17) is 0 Å². The van der Waals surface area contributed by atoms with Crippen LogP contribution in [-0.2, 0) is 32.9 Å². The zero-order valence-corrected chi connectivity index (χ0v) is 16.0. The third kappa shape index (κ3) is 6.56. The summed E-state index contributed by atoms with van der Waals surface area (Å²) >= 11 is 0. The number of aryl methyl sites for hydroxylation is 1. The Kier molecular flexibility index (Phi) is 7.89. The topological polar surface area (TPSA) is 24.9 Å². The van der Waals surface area contributed by atoms with Crippen LogP contribution in [0.25, 0.3) is 0 Å². The molecule has 0 aromatic carbocycles. The Morgan fingerprint density at radius 2 is 1.84 bits per heavy atom. The molecule has 0 radical (unpaired) electrons. The fourth-order valence-electron chi connectivity index (χ4n) is 1.68. The third-order valence-corrected chi connectivity index (χ3v) is 2.61. The average molecular weight is 430 g/mol. The van der Waals surface area contributed by atoms with Crippen LogP contribution in [0.4, 0.5) is 5.69 Å². The van der Waals surface area contributed by atoms with Crippen molar-refractivity contribution in [3.05, 3.63) is 29.4 Å². The Morgan fingerprint density at radius 1 is 1.26 bits per heavy atom. The number of pyridine rings is 1. The van der Waals surface area contributed by atoms with E-state index in [0.29, 0.717) is 0 Å². The van der Waals surface area contributed by atoms with Gasteiger partial charge in [-0.1, -0.05) is 44.8 Å². The number of fused-ring (bicyclic) bond motifs is 1. The minimum Gasteiger partial charge on any atom is -0.405 e. The molecule has 19 heavy (non-hydrogen) atoms. The van der Waals surface area contributed by atoms with Crippen molar-refractivity contribution in [1.29, 1.82) is 0 Å². The van der Waals surface area contributed by atoms with Gasteiger partial charge in [0.25, 0.3) is 0 Å². The van der Waals surface area contributed by atoms with Gasteiger partial charge in [-0.15, -0.1) is 11.6 Å². The molecule has 0 atom stereocenters. The largest absolute Gasteiger partial charge is 2.00 e. The summed E-state index contributed by atoms with van der Waals surface area (Å²) in [5.41, 5.74) is 3.74. The summed E-state index contributed by atoms with van der Waals surface area (Å²) in [5.74, 6) is 1.42. The van der Waals surface area contributed by atoms with Crippen LogP contribution in [0.2, 0.25) is 0 Å². The number of hydrogen-bond acceptors (Lipinski definition) is 2. The molecule has 3 heteroatoms. The smallest absolute Gasteiger partial charge is 0.405 e. The Balaban J connectivity index is 0.000000576. The van der Waals surface area contributed by atoms with Crippen LogP contribution in [0.15, 0.2) is 6.07 Å². The van der Waals surface area contributed by atoms with Gasteiger partial charge in [-0.05, 0) is 11.8 Å².